The largest absolute Gasteiger partial charge is 0.455 e. The Morgan fingerprint density at radius 2 is 0.975 bits per heavy atom. The third-order valence-corrected chi connectivity index (χ3v) is 8.41. The SMILES string of the molecule is c1cc(-c2cccc3c2[nH]c2c4ccccc4c4ccccc4c32)cc(-c2cccc3c2oc2ccccc23)c1. The van der Waals surface area contributed by atoms with E-state index in [1.165, 1.54) is 49.0 Å². The molecule has 0 aliphatic rings. The maximum absolute atomic E-state index is 6.37. The third-order valence-electron chi connectivity index (χ3n) is 8.41. The zero-order valence-corrected chi connectivity index (χ0v) is 21.6. The Hall–Kier alpha value is -5.34. The van der Waals surface area contributed by atoms with Gasteiger partial charge in [-0.1, -0.05) is 121 Å². The Morgan fingerprint density at radius 3 is 1.80 bits per heavy atom. The lowest BCUT2D eigenvalue weighted by atomic mass is 9.95. The normalized spacial score (nSPS) is 12.0. The number of para-hydroxylation sites is 3. The Bertz CT molecular complexity index is 2440. The molecule has 0 bridgehead atoms. The van der Waals surface area contributed by atoms with E-state index in [0.29, 0.717) is 0 Å². The molecule has 0 aliphatic carbocycles. The van der Waals surface area contributed by atoms with Crippen molar-refractivity contribution in [3.63, 3.8) is 0 Å². The minimum absolute atomic E-state index is 0.920. The molecule has 9 aromatic rings. The fraction of sp³-hybridized carbons (Fsp3) is 0. The van der Waals surface area contributed by atoms with Gasteiger partial charge in [-0.05, 0) is 39.4 Å². The van der Waals surface area contributed by atoms with Crippen LogP contribution in [0.1, 0.15) is 0 Å². The lowest BCUT2D eigenvalue weighted by Gasteiger charge is -2.08. The third kappa shape index (κ3) is 2.93. The van der Waals surface area contributed by atoms with E-state index in [9.17, 15) is 0 Å². The first kappa shape index (κ1) is 21.6. The second kappa shape index (κ2) is 8.08. The summed E-state index contributed by atoms with van der Waals surface area (Å²) >= 11 is 0. The van der Waals surface area contributed by atoms with Crippen LogP contribution in [-0.4, -0.2) is 4.98 Å². The fourth-order valence-electron chi connectivity index (χ4n) is 6.64. The molecule has 0 fully saturated rings. The first-order chi connectivity index (χ1) is 19.8. The lowest BCUT2D eigenvalue weighted by molar-refractivity contribution is 0.670. The minimum atomic E-state index is 0.920. The van der Waals surface area contributed by atoms with Crippen molar-refractivity contribution in [2.24, 2.45) is 0 Å². The molecule has 7 aromatic carbocycles. The summed E-state index contributed by atoms with van der Waals surface area (Å²) in [6.07, 6.45) is 0. The number of nitrogens with one attached hydrogen (secondary N) is 1. The second-order valence-corrected chi connectivity index (χ2v) is 10.6. The van der Waals surface area contributed by atoms with Crippen molar-refractivity contribution in [3.05, 3.63) is 133 Å². The van der Waals surface area contributed by atoms with Crippen LogP contribution in [0.25, 0.3) is 87.5 Å². The summed E-state index contributed by atoms with van der Waals surface area (Å²) in [4.78, 5) is 3.87. The van der Waals surface area contributed by atoms with Crippen molar-refractivity contribution in [2.75, 3.05) is 0 Å². The van der Waals surface area contributed by atoms with Crippen LogP contribution in [0.2, 0.25) is 0 Å². The van der Waals surface area contributed by atoms with Gasteiger partial charge in [-0.3, -0.25) is 0 Å². The zero-order valence-electron chi connectivity index (χ0n) is 21.6. The van der Waals surface area contributed by atoms with Gasteiger partial charge in [0.1, 0.15) is 11.2 Å². The number of aromatic amines is 1. The average Bonchev–Trinajstić information content (AvgIpc) is 3.61. The topological polar surface area (TPSA) is 28.9 Å². The van der Waals surface area contributed by atoms with Crippen molar-refractivity contribution < 1.29 is 4.42 Å². The van der Waals surface area contributed by atoms with Crippen molar-refractivity contribution in [1.29, 1.82) is 0 Å². The van der Waals surface area contributed by atoms with Crippen LogP contribution < -0.4 is 0 Å². The maximum Gasteiger partial charge on any atom is 0.143 e. The fourth-order valence-corrected chi connectivity index (χ4v) is 6.64. The Morgan fingerprint density at radius 1 is 0.400 bits per heavy atom. The molecular formula is C38H23NO. The highest BCUT2D eigenvalue weighted by molar-refractivity contribution is 6.32. The monoisotopic (exact) mass is 509 g/mol. The second-order valence-electron chi connectivity index (χ2n) is 10.6. The lowest BCUT2D eigenvalue weighted by Crippen LogP contribution is -1.84. The summed E-state index contributed by atoms with van der Waals surface area (Å²) in [5.74, 6) is 0. The van der Waals surface area contributed by atoms with Crippen LogP contribution >= 0.6 is 0 Å². The Labute approximate surface area is 230 Å². The van der Waals surface area contributed by atoms with Crippen LogP contribution in [0, 0.1) is 0 Å². The first-order valence-corrected chi connectivity index (χ1v) is 13.7. The van der Waals surface area contributed by atoms with E-state index >= 15 is 0 Å². The molecular weight excluding hydrogens is 486 g/mol. The van der Waals surface area contributed by atoms with E-state index in [1.807, 2.05) is 12.1 Å². The predicted molar refractivity (Wildman–Crippen MR) is 169 cm³/mol. The van der Waals surface area contributed by atoms with Crippen molar-refractivity contribution >= 4 is 65.3 Å². The summed E-state index contributed by atoms with van der Waals surface area (Å²) < 4.78 is 6.37. The van der Waals surface area contributed by atoms with E-state index in [2.05, 4.69) is 126 Å². The van der Waals surface area contributed by atoms with Crippen LogP contribution in [0.15, 0.2) is 138 Å². The zero-order chi connectivity index (χ0) is 26.2. The highest BCUT2D eigenvalue weighted by Crippen LogP contribution is 2.42. The molecule has 0 amide bonds. The van der Waals surface area contributed by atoms with Gasteiger partial charge < -0.3 is 9.40 Å². The van der Waals surface area contributed by atoms with E-state index in [4.69, 9.17) is 4.42 Å². The maximum atomic E-state index is 6.37. The molecule has 0 saturated heterocycles. The predicted octanol–water partition coefficient (Wildman–Crippen LogP) is 10.9. The molecule has 186 valence electrons. The minimum Gasteiger partial charge on any atom is -0.455 e. The molecule has 0 spiro atoms. The first-order valence-electron chi connectivity index (χ1n) is 13.7. The standard InChI is InChI=1S/C38H23NO/c1-3-15-30-27(12-1)28-13-2-4-16-31(28)37-35(30)33-20-8-17-25(36(33)39-37)23-10-7-11-24(22-23)26-18-9-19-32-29-14-5-6-21-34(29)40-38(26)32/h1-22,39H. The van der Waals surface area contributed by atoms with Crippen molar-refractivity contribution in [3.8, 4) is 22.3 Å². The van der Waals surface area contributed by atoms with E-state index in [0.717, 1.165) is 38.6 Å². The molecule has 2 heteroatoms. The molecule has 0 aliphatic heterocycles. The van der Waals surface area contributed by atoms with Gasteiger partial charge in [-0.15, -0.1) is 0 Å². The summed E-state index contributed by atoms with van der Waals surface area (Å²) in [5, 5.41) is 9.94. The van der Waals surface area contributed by atoms with Gasteiger partial charge in [0.25, 0.3) is 0 Å². The number of benzene rings is 7. The molecule has 40 heavy (non-hydrogen) atoms. The van der Waals surface area contributed by atoms with Crippen molar-refractivity contribution in [1.82, 2.24) is 4.98 Å². The average molecular weight is 510 g/mol. The highest BCUT2D eigenvalue weighted by atomic mass is 16.3. The van der Waals surface area contributed by atoms with E-state index < -0.39 is 0 Å². The van der Waals surface area contributed by atoms with Crippen molar-refractivity contribution in [2.45, 2.75) is 0 Å². The van der Waals surface area contributed by atoms with Gasteiger partial charge in [0.15, 0.2) is 0 Å². The number of aromatic nitrogens is 1. The van der Waals surface area contributed by atoms with Gasteiger partial charge in [0, 0.05) is 38.1 Å². The molecule has 0 saturated carbocycles. The van der Waals surface area contributed by atoms with Crippen LogP contribution in [0.4, 0.5) is 0 Å². The van der Waals surface area contributed by atoms with Gasteiger partial charge in [0.05, 0.1) is 11.0 Å². The molecule has 2 nitrogen and oxygen atoms in total. The number of hydrogen-bond donors (Lipinski definition) is 1. The number of fused-ring (bicyclic) bond motifs is 11. The van der Waals surface area contributed by atoms with Crippen LogP contribution in [0.3, 0.4) is 0 Å². The summed E-state index contributed by atoms with van der Waals surface area (Å²) in [7, 11) is 0. The molecule has 1 N–H and O–H groups in total. The molecule has 0 unspecified atom stereocenters. The van der Waals surface area contributed by atoms with Gasteiger partial charge in [0.2, 0.25) is 0 Å². The summed E-state index contributed by atoms with van der Waals surface area (Å²) in [6, 6.07) is 47.7. The van der Waals surface area contributed by atoms with Crippen LogP contribution in [-0.2, 0) is 0 Å². The number of H-pyrrole nitrogens is 1. The number of furan rings is 1. The summed E-state index contributed by atoms with van der Waals surface area (Å²) in [5.41, 5.74) is 8.84. The number of hydrogen-bond acceptors (Lipinski definition) is 1. The molecule has 0 atom stereocenters. The van der Waals surface area contributed by atoms with Gasteiger partial charge >= 0.3 is 0 Å². The smallest absolute Gasteiger partial charge is 0.143 e. The van der Waals surface area contributed by atoms with Gasteiger partial charge in [-0.25, -0.2) is 0 Å². The van der Waals surface area contributed by atoms with Crippen LogP contribution in [0.5, 0.6) is 0 Å². The van der Waals surface area contributed by atoms with E-state index in [-0.39, 0.29) is 0 Å². The Kier molecular flexibility index (Phi) is 4.36. The number of rotatable bonds is 2. The molecule has 2 aromatic heterocycles. The molecule has 0 radical (unpaired) electrons. The van der Waals surface area contributed by atoms with E-state index in [1.54, 1.807) is 0 Å². The quantitative estimate of drug-likeness (QED) is 0.231. The summed E-state index contributed by atoms with van der Waals surface area (Å²) in [6.45, 7) is 0. The molecule has 9 rings (SSSR count). The highest BCUT2D eigenvalue weighted by Gasteiger charge is 2.17. The van der Waals surface area contributed by atoms with Gasteiger partial charge in [-0.2, -0.15) is 0 Å². The Balaban J connectivity index is 1.31. The molecule has 2 heterocycles.